The van der Waals surface area contributed by atoms with Crippen LogP contribution in [0.25, 0.3) is 0 Å². The van der Waals surface area contributed by atoms with Crippen LogP contribution in [0.1, 0.15) is 27.7 Å². The van der Waals surface area contributed by atoms with E-state index in [4.69, 9.17) is 33.2 Å². The van der Waals surface area contributed by atoms with Crippen molar-refractivity contribution in [3.8, 4) is 0 Å². The maximum Gasteiger partial charge on any atom is 0.217 e. The van der Waals surface area contributed by atoms with Gasteiger partial charge in [0, 0.05) is 27.7 Å². The molecular formula is C31H52N4O20. The van der Waals surface area contributed by atoms with Crippen molar-refractivity contribution in [2.75, 3.05) is 26.4 Å². The van der Waals surface area contributed by atoms with Crippen LogP contribution in [0.4, 0.5) is 0 Å². The lowest BCUT2D eigenvalue weighted by Gasteiger charge is -2.50. The van der Waals surface area contributed by atoms with Gasteiger partial charge in [0.1, 0.15) is 91.3 Å². The molecular weight excluding hydrogens is 748 g/mol. The van der Waals surface area contributed by atoms with Crippen LogP contribution in [0.15, 0.2) is 0 Å². The van der Waals surface area contributed by atoms with Crippen molar-refractivity contribution in [2.24, 2.45) is 0 Å². The Morgan fingerprint density at radius 2 is 0.873 bits per heavy atom. The Labute approximate surface area is 313 Å². The quantitative estimate of drug-likeness (QED) is 0.0822. The lowest BCUT2D eigenvalue weighted by molar-refractivity contribution is -0.358. The number of carbonyl (C=O) groups is 4. The summed E-state index contributed by atoms with van der Waals surface area (Å²) < 4.78 is 40.4. The summed E-state index contributed by atoms with van der Waals surface area (Å²) in [6.07, 6.45) is -24.3. The minimum absolute atomic E-state index is 0.430. The molecule has 24 nitrogen and oxygen atoms in total. The second-order valence-electron chi connectivity index (χ2n) is 13.6. The zero-order chi connectivity index (χ0) is 40.9. The number of aliphatic hydroxyl groups is 9. The first kappa shape index (κ1) is 44.9. The molecule has 0 aromatic heterocycles. The number of hydrogen-bond donors (Lipinski definition) is 13. The Bertz CT molecular complexity index is 1320. The summed E-state index contributed by atoms with van der Waals surface area (Å²) in [6, 6.07) is -5.88. The van der Waals surface area contributed by atoms with Crippen LogP contribution in [0, 0.1) is 0 Å². The maximum absolute atomic E-state index is 12.4. The second kappa shape index (κ2) is 19.6. The molecule has 4 saturated heterocycles. The summed E-state index contributed by atoms with van der Waals surface area (Å²) in [5, 5.41) is 105. The van der Waals surface area contributed by atoms with Crippen LogP contribution in [-0.4, -0.2) is 212 Å². The maximum atomic E-state index is 12.4. The third-order valence-electron chi connectivity index (χ3n) is 9.45. The summed E-state index contributed by atoms with van der Waals surface area (Å²) in [6.45, 7) is 1.46. The molecule has 4 heterocycles. The van der Waals surface area contributed by atoms with Crippen molar-refractivity contribution in [2.45, 2.75) is 144 Å². The van der Waals surface area contributed by atoms with Gasteiger partial charge in [0.05, 0.1) is 26.4 Å². The topological polar surface area (TPSA) is 363 Å². The first-order valence-corrected chi connectivity index (χ1v) is 17.5. The monoisotopic (exact) mass is 800 g/mol. The summed E-state index contributed by atoms with van der Waals surface area (Å²) >= 11 is 0. The van der Waals surface area contributed by atoms with Gasteiger partial charge in [-0.15, -0.1) is 0 Å². The van der Waals surface area contributed by atoms with Gasteiger partial charge in [-0.05, 0) is 0 Å². The molecule has 24 heteroatoms. The number of aliphatic hydroxyl groups excluding tert-OH is 9. The van der Waals surface area contributed by atoms with Gasteiger partial charge in [-0.1, -0.05) is 0 Å². The summed E-state index contributed by atoms with van der Waals surface area (Å²) in [4.78, 5) is 48.2. The van der Waals surface area contributed by atoms with E-state index in [1.807, 2.05) is 0 Å². The van der Waals surface area contributed by atoms with E-state index in [-0.39, 0.29) is 0 Å². The predicted molar refractivity (Wildman–Crippen MR) is 174 cm³/mol. The van der Waals surface area contributed by atoms with Crippen molar-refractivity contribution in [3.05, 3.63) is 0 Å². The molecule has 4 amide bonds. The Morgan fingerprint density at radius 3 is 1.27 bits per heavy atom. The zero-order valence-electron chi connectivity index (χ0n) is 30.3. The molecule has 55 heavy (non-hydrogen) atoms. The Morgan fingerprint density at radius 1 is 0.509 bits per heavy atom. The number of nitrogens with one attached hydrogen (secondary N) is 4. The SMILES string of the molecule is CC(=O)N[C@H]1[C@H](O[C@@H]2COC(O)[C@H](NC(C)=O)[C@H]2O)O[C@H](CO)[C@@H](O[C@@H]2O[C@H](CO)[C@@H](O[C@@H]3O[C@H](CO)[C@@H](O)[C@H](O)[C@H]3NC(C)=O)[C@H](O)[C@H]2NC(C)=O)[C@@H]1O. The number of amides is 4. The van der Waals surface area contributed by atoms with E-state index in [1.54, 1.807) is 0 Å². The van der Waals surface area contributed by atoms with Crippen LogP contribution < -0.4 is 21.3 Å². The van der Waals surface area contributed by atoms with E-state index in [0.717, 1.165) is 27.7 Å². The second-order valence-corrected chi connectivity index (χ2v) is 13.6. The van der Waals surface area contributed by atoms with Gasteiger partial charge in [-0.25, -0.2) is 0 Å². The standard InChI is InChI=1S/C31H52N4O20/c1-9(39)32-17-21(43)16(8-49-28(17)48)53-29-19(34-11(3)41)24(46)26(14(6-37)51-29)55-31-20(35-12(4)42)25(47)27(15(7-38)52-31)54-30-18(33-10(2)40)23(45)22(44)13(5-36)50-30/h13-31,36-38,43-48H,5-8H2,1-4H3,(H,32,39)(H,33,40)(H,34,41)(H,35,42)/t13-,14-,15-,16-,17-,18-,19-,20-,21+,22-,23-,24-,25-,26-,27-,28?,29+,30+,31+/m1/s1. The molecule has 0 spiro atoms. The predicted octanol–water partition coefficient (Wildman–Crippen LogP) is -8.53. The lowest BCUT2D eigenvalue weighted by atomic mass is 9.93. The number of hydrogen-bond acceptors (Lipinski definition) is 20. The first-order chi connectivity index (χ1) is 25.9. The minimum atomic E-state index is -1.85. The van der Waals surface area contributed by atoms with Gasteiger partial charge in [0.2, 0.25) is 23.6 Å². The highest BCUT2D eigenvalue weighted by Crippen LogP contribution is 2.33. The van der Waals surface area contributed by atoms with E-state index in [2.05, 4.69) is 21.3 Å². The molecule has 4 aliphatic rings. The average Bonchev–Trinajstić information content (AvgIpc) is 3.11. The van der Waals surface area contributed by atoms with Gasteiger partial charge in [-0.2, -0.15) is 0 Å². The molecule has 0 bridgehead atoms. The average molecular weight is 801 g/mol. The molecule has 19 atom stereocenters. The number of rotatable bonds is 13. The third-order valence-corrected chi connectivity index (χ3v) is 9.45. The van der Waals surface area contributed by atoms with Crippen molar-refractivity contribution in [1.82, 2.24) is 21.3 Å². The van der Waals surface area contributed by atoms with Gasteiger partial charge in [0.15, 0.2) is 25.2 Å². The number of carbonyl (C=O) groups excluding carboxylic acids is 4. The number of ether oxygens (including phenoxy) is 7. The van der Waals surface area contributed by atoms with E-state index >= 15 is 0 Å². The summed E-state index contributed by atoms with van der Waals surface area (Å²) in [7, 11) is 0. The van der Waals surface area contributed by atoms with Crippen LogP contribution >= 0.6 is 0 Å². The Balaban J connectivity index is 1.58. The molecule has 316 valence electrons. The van der Waals surface area contributed by atoms with Gasteiger partial charge in [-0.3, -0.25) is 19.2 Å². The normalized spacial score (nSPS) is 43.5. The third kappa shape index (κ3) is 10.6. The molecule has 4 rings (SSSR count). The van der Waals surface area contributed by atoms with Gasteiger partial charge >= 0.3 is 0 Å². The van der Waals surface area contributed by atoms with Crippen LogP contribution in [0.5, 0.6) is 0 Å². The van der Waals surface area contributed by atoms with Crippen LogP contribution in [0.2, 0.25) is 0 Å². The van der Waals surface area contributed by atoms with Crippen LogP contribution in [0.3, 0.4) is 0 Å². The highest BCUT2D eigenvalue weighted by molar-refractivity contribution is 5.74. The summed E-state index contributed by atoms with van der Waals surface area (Å²) in [5.74, 6) is -2.70. The van der Waals surface area contributed by atoms with Crippen molar-refractivity contribution in [3.63, 3.8) is 0 Å². The van der Waals surface area contributed by atoms with E-state index in [0.29, 0.717) is 0 Å². The fourth-order valence-electron chi connectivity index (χ4n) is 6.85. The molecule has 0 aliphatic carbocycles. The van der Waals surface area contributed by atoms with Gasteiger partial charge in [0.25, 0.3) is 0 Å². The van der Waals surface area contributed by atoms with Gasteiger partial charge < -0.3 is 100 Å². The lowest BCUT2D eigenvalue weighted by Crippen LogP contribution is -2.71. The Kier molecular flexibility index (Phi) is 16.0. The molecule has 4 aliphatic heterocycles. The van der Waals surface area contributed by atoms with E-state index in [9.17, 15) is 65.1 Å². The molecule has 1 unspecified atom stereocenters. The highest BCUT2D eigenvalue weighted by Gasteiger charge is 2.55. The highest BCUT2D eigenvalue weighted by atomic mass is 16.8. The van der Waals surface area contributed by atoms with Crippen LogP contribution in [-0.2, 0) is 52.3 Å². The molecule has 0 radical (unpaired) electrons. The molecule has 0 aromatic carbocycles. The fraction of sp³-hybridized carbons (Fsp3) is 0.871. The molecule has 0 saturated carbocycles. The van der Waals surface area contributed by atoms with Crippen molar-refractivity contribution >= 4 is 23.6 Å². The molecule has 13 N–H and O–H groups in total. The summed E-state index contributed by atoms with van der Waals surface area (Å²) in [5.41, 5.74) is 0. The molecule has 4 fully saturated rings. The van der Waals surface area contributed by atoms with E-state index < -0.39 is 167 Å². The Hall–Kier alpha value is -2.76. The van der Waals surface area contributed by atoms with Crippen molar-refractivity contribution in [1.29, 1.82) is 0 Å². The molecule has 0 aromatic rings. The zero-order valence-corrected chi connectivity index (χ0v) is 30.3. The smallest absolute Gasteiger partial charge is 0.217 e. The van der Waals surface area contributed by atoms with E-state index in [1.165, 1.54) is 0 Å². The van der Waals surface area contributed by atoms with Crippen molar-refractivity contribution < 1.29 is 98.3 Å². The minimum Gasteiger partial charge on any atom is -0.394 e. The first-order valence-electron chi connectivity index (χ1n) is 17.5. The largest absolute Gasteiger partial charge is 0.394 e. The fourth-order valence-corrected chi connectivity index (χ4v) is 6.85.